The summed E-state index contributed by atoms with van der Waals surface area (Å²) < 4.78 is 30.4. The third-order valence-electron chi connectivity index (χ3n) is 5.69. The second-order valence-electron chi connectivity index (χ2n) is 8.50. The van der Waals surface area contributed by atoms with Crippen molar-refractivity contribution in [3.63, 3.8) is 0 Å². The first-order chi connectivity index (χ1) is 19.3. The largest absolute Gasteiger partial charge is 0.493 e. The number of methoxy groups -OCH3 is 1. The number of amides is 5. The Kier molecular flexibility index (Phi) is 8.75. The van der Waals surface area contributed by atoms with Gasteiger partial charge >= 0.3 is 6.03 Å². The van der Waals surface area contributed by atoms with Gasteiger partial charge in [-0.25, -0.2) is 14.1 Å². The van der Waals surface area contributed by atoms with Crippen LogP contribution in [0.15, 0.2) is 72.3 Å². The summed E-state index contributed by atoms with van der Waals surface area (Å²) in [6.45, 7) is 1.93. The van der Waals surface area contributed by atoms with Crippen LogP contribution in [0.4, 0.5) is 20.6 Å². The molecule has 3 aromatic rings. The van der Waals surface area contributed by atoms with Crippen LogP contribution in [0.3, 0.4) is 0 Å². The molecule has 1 saturated heterocycles. The van der Waals surface area contributed by atoms with Crippen molar-refractivity contribution >= 4 is 41.2 Å². The summed E-state index contributed by atoms with van der Waals surface area (Å²) in [4.78, 5) is 51.8. The number of ether oxygens (including phenoxy) is 3. The van der Waals surface area contributed by atoms with Gasteiger partial charge in [0.1, 0.15) is 17.1 Å². The Morgan fingerprint density at radius 3 is 2.48 bits per heavy atom. The fourth-order valence-electron chi connectivity index (χ4n) is 3.80. The number of imide groups is 2. The van der Waals surface area contributed by atoms with Crippen molar-refractivity contribution < 1.29 is 37.8 Å². The van der Waals surface area contributed by atoms with Crippen LogP contribution in [-0.4, -0.2) is 44.1 Å². The number of hydrogen-bond acceptors (Lipinski definition) is 7. The third kappa shape index (κ3) is 6.26. The standard InChI is InChI=1S/C29H26FN3O7/c1-3-14-39-24-13-12-19(16-25(24)38-2)33-28(36)20(27(35)32-29(33)37)15-18-8-4-7-11-23(18)40-17-26(34)31-22-10-6-5-9-21(22)30/h4-13,15-16H,3,14,17H2,1-2H3,(H,31,34)(H,32,35,37)/b20-15-. The SMILES string of the molecule is CCCOc1ccc(N2C(=O)NC(=O)/C(=C/c3ccccc3OCC(=O)Nc3ccccc3F)C2=O)cc1OC. The zero-order valence-corrected chi connectivity index (χ0v) is 21.7. The van der Waals surface area contributed by atoms with Gasteiger partial charge in [-0.15, -0.1) is 0 Å². The number of carbonyl (C=O) groups is 4. The Hall–Kier alpha value is -5.19. The summed E-state index contributed by atoms with van der Waals surface area (Å²) in [5.41, 5.74) is 0.130. The molecule has 1 aliphatic rings. The molecule has 11 heteroatoms. The molecule has 2 N–H and O–H groups in total. The normalized spacial score (nSPS) is 14.1. The zero-order valence-electron chi connectivity index (χ0n) is 21.7. The maximum atomic E-state index is 13.8. The Bertz CT molecular complexity index is 1490. The van der Waals surface area contributed by atoms with Crippen LogP contribution in [-0.2, 0) is 14.4 Å². The molecule has 1 heterocycles. The van der Waals surface area contributed by atoms with E-state index in [1.807, 2.05) is 6.92 Å². The molecule has 10 nitrogen and oxygen atoms in total. The van der Waals surface area contributed by atoms with E-state index in [1.165, 1.54) is 49.6 Å². The second kappa shape index (κ2) is 12.6. The Morgan fingerprint density at radius 2 is 1.73 bits per heavy atom. The van der Waals surface area contributed by atoms with Crippen molar-refractivity contribution in [3.8, 4) is 17.2 Å². The number of benzene rings is 3. The number of hydrogen-bond donors (Lipinski definition) is 2. The minimum absolute atomic E-state index is 0.00215. The predicted molar refractivity (Wildman–Crippen MR) is 145 cm³/mol. The van der Waals surface area contributed by atoms with Gasteiger partial charge in [0, 0.05) is 11.6 Å². The number of para-hydroxylation sites is 2. The highest BCUT2D eigenvalue weighted by Crippen LogP contribution is 2.33. The number of urea groups is 1. The monoisotopic (exact) mass is 547 g/mol. The molecule has 0 spiro atoms. The lowest BCUT2D eigenvalue weighted by Crippen LogP contribution is -2.54. The van der Waals surface area contributed by atoms with Crippen LogP contribution in [0.5, 0.6) is 17.2 Å². The minimum Gasteiger partial charge on any atom is -0.493 e. The summed E-state index contributed by atoms with van der Waals surface area (Å²) in [5.74, 6) is -2.05. The number of nitrogens with one attached hydrogen (secondary N) is 2. The number of carbonyl (C=O) groups excluding carboxylic acids is 4. The van der Waals surface area contributed by atoms with E-state index in [0.29, 0.717) is 23.7 Å². The molecule has 0 saturated carbocycles. The fourth-order valence-corrected chi connectivity index (χ4v) is 3.80. The molecule has 0 aromatic heterocycles. The lowest BCUT2D eigenvalue weighted by atomic mass is 10.1. The van der Waals surface area contributed by atoms with Gasteiger partial charge in [0.25, 0.3) is 17.7 Å². The van der Waals surface area contributed by atoms with Gasteiger partial charge in [0.15, 0.2) is 18.1 Å². The molecule has 0 unspecified atom stereocenters. The summed E-state index contributed by atoms with van der Waals surface area (Å²) in [7, 11) is 1.43. The molecular weight excluding hydrogens is 521 g/mol. The van der Waals surface area contributed by atoms with E-state index in [0.717, 1.165) is 11.3 Å². The first-order valence-corrected chi connectivity index (χ1v) is 12.3. The van der Waals surface area contributed by atoms with Crippen molar-refractivity contribution in [1.82, 2.24) is 5.32 Å². The molecular formula is C29H26FN3O7. The minimum atomic E-state index is -0.925. The van der Waals surface area contributed by atoms with E-state index < -0.39 is 36.2 Å². The van der Waals surface area contributed by atoms with Crippen LogP contribution in [0.25, 0.3) is 6.08 Å². The highest BCUT2D eigenvalue weighted by atomic mass is 19.1. The van der Waals surface area contributed by atoms with Crippen LogP contribution >= 0.6 is 0 Å². The van der Waals surface area contributed by atoms with Crippen LogP contribution < -0.4 is 29.7 Å². The Labute approximate surface area is 229 Å². The summed E-state index contributed by atoms with van der Waals surface area (Å²) in [6, 6.07) is 15.7. The molecule has 5 amide bonds. The number of barbiturate groups is 1. The van der Waals surface area contributed by atoms with Crippen molar-refractivity contribution in [2.45, 2.75) is 13.3 Å². The van der Waals surface area contributed by atoms with Crippen molar-refractivity contribution in [2.24, 2.45) is 0 Å². The average molecular weight is 548 g/mol. The van der Waals surface area contributed by atoms with E-state index in [4.69, 9.17) is 14.2 Å². The lowest BCUT2D eigenvalue weighted by molar-refractivity contribution is -0.122. The smallest absolute Gasteiger partial charge is 0.335 e. The van der Waals surface area contributed by atoms with Gasteiger partial charge in [-0.1, -0.05) is 37.3 Å². The summed E-state index contributed by atoms with van der Waals surface area (Å²) >= 11 is 0. The summed E-state index contributed by atoms with van der Waals surface area (Å²) in [5, 5.41) is 4.58. The molecule has 4 rings (SSSR count). The van der Waals surface area contributed by atoms with Gasteiger partial charge < -0.3 is 19.5 Å². The number of halogens is 1. The molecule has 0 radical (unpaired) electrons. The van der Waals surface area contributed by atoms with Crippen molar-refractivity contribution in [3.05, 3.63) is 83.7 Å². The first kappa shape index (κ1) is 27.8. The highest BCUT2D eigenvalue weighted by molar-refractivity contribution is 6.39. The van der Waals surface area contributed by atoms with Gasteiger partial charge in [-0.2, -0.15) is 0 Å². The molecule has 0 aliphatic carbocycles. The Balaban J connectivity index is 1.56. The average Bonchev–Trinajstić information content (AvgIpc) is 2.95. The van der Waals surface area contributed by atoms with E-state index in [-0.39, 0.29) is 22.7 Å². The van der Waals surface area contributed by atoms with Crippen LogP contribution in [0.2, 0.25) is 0 Å². The molecule has 0 bridgehead atoms. The highest BCUT2D eigenvalue weighted by Gasteiger charge is 2.37. The molecule has 3 aromatic carbocycles. The van der Waals surface area contributed by atoms with Gasteiger partial charge in [0.05, 0.1) is 25.1 Å². The lowest BCUT2D eigenvalue weighted by Gasteiger charge is -2.27. The number of rotatable bonds is 10. The van der Waals surface area contributed by atoms with Gasteiger partial charge in [-0.05, 0) is 42.8 Å². The number of anilines is 2. The van der Waals surface area contributed by atoms with E-state index >= 15 is 0 Å². The molecule has 1 fully saturated rings. The number of nitrogens with zero attached hydrogens (tertiary/aromatic N) is 1. The van der Waals surface area contributed by atoms with E-state index in [2.05, 4.69) is 10.6 Å². The van der Waals surface area contributed by atoms with E-state index in [1.54, 1.807) is 30.3 Å². The maximum absolute atomic E-state index is 13.8. The van der Waals surface area contributed by atoms with Crippen LogP contribution in [0, 0.1) is 5.82 Å². The van der Waals surface area contributed by atoms with Gasteiger partial charge in [0.2, 0.25) is 0 Å². The molecule has 0 atom stereocenters. The summed E-state index contributed by atoms with van der Waals surface area (Å²) in [6.07, 6.45) is 2.03. The fraction of sp³-hybridized carbons (Fsp3) is 0.172. The topological polar surface area (TPSA) is 123 Å². The molecule has 40 heavy (non-hydrogen) atoms. The van der Waals surface area contributed by atoms with E-state index in [9.17, 15) is 23.6 Å². The van der Waals surface area contributed by atoms with Crippen molar-refractivity contribution in [2.75, 3.05) is 30.5 Å². The first-order valence-electron chi connectivity index (χ1n) is 12.3. The van der Waals surface area contributed by atoms with Gasteiger partial charge in [-0.3, -0.25) is 19.7 Å². The third-order valence-corrected chi connectivity index (χ3v) is 5.69. The quantitative estimate of drug-likeness (QED) is 0.286. The van der Waals surface area contributed by atoms with Crippen molar-refractivity contribution in [1.29, 1.82) is 0 Å². The predicted octanol–water partition coefficient (Wildman–Crippen LogP) is 4.31. The zero-order chi connectivity index (χ0) is 28.6. The van der Waals surface area contributed by atoms with Crippen LogP contribution in [0.1, 0.15) is 18.9 Å². The molecule has 1 aliphatic heterocycles. The Morgan fingerprint density at radius 1 is 0.975 bits per heavy atom. The second-order valence-corrected chi connectivity index (χ2v) is 8.50. The molecule has 206 valence electrons. The maximum Gasteiger partial charge on any atom is 0.335 e.